The average molecular weight is 456 g/mol. The largest absolute Gasteiger partial charge is 0.497 e. The molecule has 162 valence electrons. The maximum absolute atomic E-state index is 13.8. The van der Waals surface area contributed by atoms with Crippen molar-refractivity contribution in [3.05, 3.63) is 45.1 Å². The summed E-state index contributed by atoms with van der Waals surface area (Å²) in [5, 5.41) is 4.01. The number of ether oxygens (including phenoxy) is 1. The summed E-state index contributed by atoms with van der Waals surface area (Å²) in [7, 11) is 1.62. The molecule has 2 aromatic heterocycles. The first-order chi connectivity index (χ1) is 15.0. The Bertz CT molecular complexity index is 1200. The summed E-state index contributed by atoms with van der Waals surface area (Å²) in [5.74, 6) is 0.721. The van der Waals surface area contributed by atoms with Gasteiger partial charge in [-0.2, -0.15) is 0 Å². The highest BCUT2D eigenvalue weighted by molar-refractivity contribution is 8.00. The Morgan fingerprint density at radius 3 is 2.71 bits per heavy atom. The van der Waals surface area contributed by atoms with Crippen molar-refractivity contribution in [1.82, 2.24) is 14.9 Å². The number of rotatable bonds is 6. The molecule has 1 N–H and O–H groups in total. The van der Waals surface area contributed by atoms with E-state index >= 15 is 0 Å². The molecule has 3 aromatic rings. The van der Waals surface area contributed by atoms with Crippen LogP contribution in [0.1, 0.15) is 43.0 Å². The maximum atomic E-state index is 13.8. The smallest absolute Gasteiger partial charge is 0.267 e. The van der Waals surface area contributed by atoms with E-state index in [1.165, 1.54) is 22.2 Å². The molecule has 2 aliphatic rings. The van der Waals surface area contributed by atoms with Crippen molar-refractivity contribution in [1.29, 1.82) is 0 Å². The van der Waals surface area contributed by atoms with Crippen LogP contribution < -0.4 is 15.6 Å². The number of carbonyl (C=O) groups is 1. The van der Waals surface area contributed by atoms with E-state index in [0.29, 0.717) is 11.2 Å². The van der Waals surface area contributed by atoms with E-state index in [2.05, 4.69) is 5.32 Å². The molecule has 8 heteroatoms. The van der Waals surface area contributed by atoms with Crippen molar-refractivity contribution < 1.29 is 9.53 Å². The van der Waals surface area contributed by atoms with Crippen LogP contribution in [0.2, 0.25) is 0 Å². The van der Waals surface area contributed by atoms with Gasteiger partial charge in [-0.1, -0.05) is 11.8 Å². The summed E-state index contributed by atoms with van der Waals surface area (Å²) in [5.41, 5.74) is 1.85. The van der Waals surface area contributed by atoms with Crippen molar-refractivity contribution in [2.45, 2.75) is 61.9 Å². The van der Waals surface area contributed by atoms with Crippen molar-refractivity contribution >= 4 is 39.2 Å². The molecule has 31 heavy (non-hydrogen) atoms. The summed E-state index contributed by atoms with van der Waals surface area (Å²) in [4.78, 5) is 33.3. The normalized spacial score (nSPS) is 16.7. The standard InChI is InChI=1S/C23H25N3O3S2/c1-13(20(27)24-14-7-8-14)30-23-25-21-19(17-5-3-4-6-18(17)31-21)22(28)26(23)15-9-11-16(29-2)12-10-15/h9-14H,3-8H2,1-2H3,(H,24,27). The lowest BCUT2D eigenvalue weighted by Crippen LogP contribution is -2.33. The fourth-order valence-electron chi connectivity index (χ4n) is 3.98. The minimum absolute atomic E-state index is 0.00593. The van der Waals surface area contributed by atoms with Crippen molar-refractivity contribution in [3.63, 3.8) is 0 Å². The fraction of sp³-hybridized carbons (Fsp3) is 0.435. The third kappa shape index (κ3) is 3.99. The second-order valence-corrected chi connectivity index (χ2v) is 10.6. The van der Waals surface area contributed by atoms with Crippen LogP contribution >= 0.6 is 23.1 Å². The Morgan fingerprint density at radius 1 is 1.26 bits per heavy atom. The Kier molecular flexibility index (Phi) is 5.52. The molecule has 0 aliphatic heterocycles. The molecule has 1 aromatic carbocycles. The molecule has 1 fully saturated rings. The highest BCUT2D eigenvalue weighted by Crippen LogP contribution is 2.36. The Hall–Kier alpha value is -2.32. The van der Waals surface area contributed by atoms with Gasteiger partial charge in [0.1, 0.15) is 10.6 Å². The SMILES string of the molecule is COc1ccc(-n2c(SC(C)C(=O)NC3CC3)nc3sc4c(c3c2=O)CCCC4)cc1. The molecule has 0 spiro atoms. The predicted molar refractivity (Wildman–Crippen MR) is 125 cm³/mol. The molecule has 2 aliphatic carbocycles. The molecule has 6 nitrogen and oxygen atoms in total. The van der Waals surface area contributed by atoms with Crippen LogP contribution in [0.5, 0.6) is 5.75 Å². The van der Waals surface area contributed by atoms with E-state index in [4.69, 9.17) is 9.72 Å². The third-order valence-corrected chi connectivity index (χ3v) is 8.10. The summed E-state index contributed by atoms with van der Waals surface area (Å²) in [6.45, 7) is 1.87. The Morgan fingerprint density at radius 2 is 2.00 bits per heavy atom. The first kappa shape index (κ1) is 20.6. The number of thiophene rings is 1. The molecule has 1 unspecified atom stereocenters. The van der Waals surface area contributed by atoms with Gasteiger partial charge in [0, 0.05) is 10.9 Å². The highest BCUT2D eigenvalue weighted by atomic mass is 32.2. The van der Waals surface area contributed by atoms with Crippen molar-refractivity contribution in [2.24, 2.45) is 0 Å². The van der Waals surface area contributed by atoms with E-state index in [0.717, 1.165) is 60.2 Å². The van der Waals surface area contributed by atoms with Crippen LogP contribution in [0, 0.1) is 0 Å². The van der Waals surface area contributed by atoms with E-state index in [-0.39, 0.29) is 16.7 Å². The van der Waals surface area contributed by atoms with E-state index in [1.54, 1.807) is 23.0 Å². The first-order valence-electron chi connectivity index (χ1n) is 10.7. The molecule has 1 atom stereocenters. The molecule has 5 rings (SSSR count). The number of carbonyl (C=O) groups excluding carboxylic acids is 1. The van der Waals surface area contributed by atoms with Crippen LogP contribution in [0.4, 0.5) is 0 Å². The lowest BCUT2D eigenvalue weighted by Gasteiger charge is -2.16. The zero-order valence-electron chi connectivity index (χ0n) is 17.6. The minimum Gasteiger partial charge on any atom is -0.497 e. The van der Waals surface area contributed by atoms with E-state index in [1.807, 2.05) is 31.2 Å². The van der Waals surface area contributed by atoms with Gasteiger partial charge in [0.05, 0.1) is 23.4 Å². The molecule has 1 amide bonds. The van der Waals surface area contributed by atoms with Crippen molar-refractivity contribution in [3.8, 4) is 11.4 Å². The lowest BCUT2D eigenvalue weighted by molar-refractivity contribution is -0.120. The van der Waals surface area contributed by atoms with Crippen molar-refractivity contribution in [2.75, 3.05) is 7.11 Å². The number of hydrogen-bond acceptors (Lipinski definition) is 6. The zero-order valence-corrected chi connectivity index (χ0v) is 19.3. The van der Waals surface area contributed by atoms with E-state index < -0.39 is 0 Å². The number of nitrogens with one attached hydrogen (secondary N) is 1. The van der Waals surface area contributed by atoms with Gasteiger partial charge in [-0.25, -0.2) is 4.98 Å². The van der Waals surface area contributed by atoms with Crippen LogP contribution in [0.15, 0.2) is 34.2 Å². The average Bonchev–Trinajstić information content (AvgIpc) is 3.51. The fourth-order valence-corrected chi connectivity index (χ4v) is 6.22. The van der Waals surface area contributed by atoms with Crippen LogP contribution in [0.25, 0.3) is 15.9 Å². The topological polar surface area (TPSA) is 73.2 Å². The lowest BCUT2D eigenvalue weighted by atomic mass is 9.97. The maximum Gasteiger partial charge on any atom is 0.267 e. The van der Waals surface area contributed by atoms with Crippen LogP contribution in [-0.2, 0) is 17.6 Å². The second-order valence-electron chi connectivity index (χ2n) is 8.17. The first-order valence-corrected chi connectivity index (χ1v) is 12.4. The van der Waals surface area contributed by atoms with Crippen LogP contribution in [-0.4, -0.2) is 33.9 Å². The molecule has 0 bridgehead atoms. The third-order valence-electron chi connectivity index (χ3n) is 5.86. The van der Waals surface area contributed by atoms with Gasteiger partial charge in [-0.05, 0) is 75.3 Å². The highest BCUT2D eigenvalue weighted by Gasteiger charge is 2.28. The minimum atomic E-state index is -0.343. The van der Waals surface area contributed by atoms with Gasteiger partial charge in [-0.15, -0.1) is 11.3 Å². The number of aromatic nitrogens is 2. The quantitative estimate of drug-likeness (QED) is 0.448. The van der Waals surface area contributed by atoms with Gasteiger partial charge in [0.15, 0.2) is 5.16 Å². The molecule has 0 radical (unpaired) electrons. The van der Waals surface area contributed by atoms with E-state index in [9.17, 15) is 9.59 Å². The number of thioether (sulfide) groups is 1. The number of methoxy groups -OCH3 is 1. The number of nitrogens with zero attached hydrogens (tertiary/aromatic N) is 2. The predicted octanol–water partition coefficient (Wildman–Crippen LogP) is 4.09. The van der Waals surface area contributed by atoms with Gasteiger partial charge < -0.3 is 10.1 Å². The number of benzene rings is 1. The zero-order chi connectivity index (χ0) is 21.5. The summed E-state index contributed by atoms with van der Waals surface area (Å²) in [6.07, 6.45) is 6.31. The van der Waals surface area contributed by atoms with Gasteiger partial charge in [0.25, 0.3) is 5.56 Å². The van der Waals surface area contributed by atoms with Gasteiger partial charge in [0.2, 0.25) is 5.91 Å². The Labute approximate surface area is 189 Å². The van der Waals surface area contributed by atoms with Crippen LogP contribution in [0.3, 0.4) is 0 Å². The monoisotopic (exact) mass is 455 g/mol. The number of aryl methyl sites for hydroxylation is 2. The molecule has 2 heterocycles. The summed E-state index contributed by atoms with van der Waals surface area (Å²) < 4.78 is 6.94. The molecular formula is C23H25N3O3S2. The molecule has 1 saturated carbocycles. The van der Waals surface area contributed by atoms with Gasteiger partial charge in [-0.3, -0.25) is 14.2 Å². The Balaban J connectivity index is 1.62. The number of fused-ring (bicyclic) bond motifs is 3. The summed E-state index contributed by atoms with van der Waals surface area (Å²) in [6, 6.07) is 7.72. The second kappa shape index (κ2) is 8.31. The van der Waals surface area contributed by atoms with Gasteiger partial charge >= 0.3 is 0 Å². The number of hydrogen-bond donors (Lipinski definition) is 1. The molecule has 0 saturated heterocycles. The molecular weight excluding hydrogens is 430 g/mol. The summed E-state index contributed by atoms with van der Waals surface area (Å²) >= 11 is 2.98. The number of amides is 1.